The Hall–Kier alpha value is -1.74. The number of nitrogens with one attached hydrogen (secondary N) is 1. The van der Waals surface area contributed by atoms with E-state index in [9.17, 15) is 4.79 Å². The average Bonchev–Trinajstić information content (AvgIpc) is 2.92. The van der Waals surface area contributed by atoms with E-state index in [0.717, 1.165) is 28.3 Å². The minimum absolute atomic E-state index is 0.0297. The standard InChI is InChI=1S/C14H12ClNO2/c1-8-2-5-12(18-8)14(15)9-3-4-11-10(6-9)7-13(17)16-11/h2-6,14H,7H2,1H3,(H,16,17). The largest absolute Gasteiger partial charge is 0.464 e. The number of fused-ring (bicyclic) bond motifs is 1. The Morgan fingerprint density at radius 2 is 2.17 bits per heavy atom. The number of alkyl halides is 1. The van der Waals surface area contributed by atoms with Crippen LogP contribution in [0.5, 0.6) is 0 Å². The molecular weight excluding hydrogens is 250 g/mol. The summed E-state index contributed by atoms with van der Waals surface area (Å²) in [7, 11) is 0. The van der Waals surface area contributed by atoms with E-state index in [1.807, 2.05) is 37.3 Å². The van der Waals surface area contributed by atoms with Crippen molar-refractivity contribution in [3.63, 3.8) is 0 Å². The highest BCUT2D eigenvalue weighted by Crippen LogP contribution is 2.33. The summed E-state index contributed by atoms with van der Waals surface area (Å²) in [5.41, 5.74) is 2.82. The normalized spacial score (nSPS) is 15.3. The van der Waals surface area contributed by atoms with E-state index in [0.29, 0.717) is 6.42 Å². The van der Waals surface area contributed by atoms with Crippen molar-refractivity contribution in [2.24, 2.45) is 0 Å². The number of amides is 1. The lowest BCUT2D eigenvalue weighted by atomic mass is 10.0. The van der Waals surface area contributed by atoms with Crippen molar-refractivity contribution < 1.29 is 9.21 Å². The first-order chi connectivity index (χ1) is 8.63. The molecule has 1 N–H and O–H groups in total. The lowest BCUT2D eigenvalue weighted by Gasteiger charge is -2.08. The second kappa shape index (κ2) is 4.18. The molecule has 1 aliphatic rings. The molecule has 2 heterocycles. The number of furan rings is 1. The van der Waals surface area contributed by atoms with Crippen LogP contribution >= 0.6 is 11.6 Å². The van der Waals surface area contributed by atoms with Gasteiger partial charge in [-0.1, -0.05) is 12.1 Å². The minimum Gasteiger partial charge on any atom is -0.464 e. The van der Waals surface area contributed by atoms with Crippen molar-refractivity contribution >= 4 is 23.2 Å². The summed E-state index contributed by atoms with van der Waals surface area (Å²) in [6.07, 6.45) is 0.421. The first-order valence-electron chi connectivity index (χ1n) is 5.76. The van der Waals surface area contributed by atoms with Gasteiger partial charge in [0.25, 0.3) is 0 Å². The van der Waals surface area contributed by atoms with E-state index in [2.05, 4.69) is 5.32 Å². The van der Waals surface area contributed by atoms with Crippen molar-refractivity contribution in [3.05, 3.63) is 53.0 Å². The topological polar surface area (TPSA) is 42.2 Å². The second-order valence-electron chi connectivity index (χ2n) is 4.45. The molecule has 0 spiro atoms. The van der Waals surface area contributed by atoms with E-state index < -0.39 is 0 Å². The smallest absolute Gasteiger partial charge is 0.228 e. The fourth-order valence-corrected chi connectivity index (χ4v) is 2.41. The average molecular weight is 262 g/mol. The van der Waals surface area contributed by atoms with Gasteiger partial charge in [0.15, 0.2) is 0 Å². The molecule has 1 atom stereocenters. The van der Waals surface area contributed by atoms with Gasteiger partial charge in [0, 0.05) is 5.69 Å². The molecule has 1 amide bonds. The van der Waals surface area contributed by atoms with Gasteiger partial charge in [-0.3, -0.25) is 4.79 Å². The monoisotopic (exact) mass is 261 g/mol. The summed E-state index contributed by atoms with van der Waals surface area (Å²) in [6, 6.07) is 9.54. The van der Waals surface area contributed by atoms with Crippen LogP contribution in [0, 0.1) is 6.92 Å². The quantitative estimate of drug-likeness (QED) is 0.842. The fourth-order valence-electron chi connectivity index (χ4n) is 2.16. The number of rotatable bonds is 2. The van der Waals surface area contributed by atoms with Crippen molar-refractivity contribution in [1.29, 1.82) is 0 Å². The zero-order valence-electron chi connectivity index (χ0n) is 9.87. The first-order valence-corrected chi connectivity index (χ1v) is 6.20. The molecule has 3 nitrogen and oxygen atoms in total. The summed E-state index contributed by atoms with van der Waals surface area (Å²) < 4.78 is 5.53. The lowest BCUT2D eigenvalue weighted by Crippen LogP contribution is -2.03. The zero-order chi connectivity index (χ0) is 12.7. The Bertz CT molecular complexity index is 618. The highest BCUT2D eigenvalue weighted by atomic mass is 35.5. The molecule has 92 valence electrons. The number of benzene rings is 1. The van der Waals surface area contributed by atoms with E-state index >= 15 is 0 Å². The summed E-state index contributed by atoms with van der Waals surface area (Å²) in [5, 5.41) is 2.48. The van der Waals surface area contributed by atoms with E-state index in [1.165, 1.54) is 0 Å². The van der Waals surface area contributed by atoms with Crippen molar-refractivity contribution in [2.75, 3.05) is 5.32 Å². The first kappa shape index (κ1) is 11.4. The predicted octanol–water partition coefficient (Wildman–Crippen LogP) is 3.41. The molecule has 0 aliphatic carbocycles. The van der Waals surface area contributed by atoms with Crippen molar-refractivity contribution in [1.82, 2.24) is 0 Å². The zero-order valence-corrected chi connectivity index (χ0v) is 10.6. The Kier molecular flexibility index (Phi) is 2.63. The van der Waals surface area contributed by atoms with E-state index in [-0.39, 0.29) is 11.3 Å². The van der Waals surface area contributed by atoms with E-state index in [1.54, 1.807) is 0 Å². The Morgan fingerprint density at radius 3 is 2.89 bits per heavy atom. The van der Waals surface area contributed by atoms with Crippen LogP contribution in [-0.2, 0) is 11.2 Å². The van der Waals surface area contributed by atoms with Gasteiger partial charge in [-0.25, -0.2) is 0 Å². The molecule has 18 heavy (non-hydrogen) atoms. The van der Waals surface area contributed by atoms with Gasteiger partial charge in [-0.2, -0.15) is 0 Å². The van der Waals surface area contributed by atoms with Gasteiger partial charge in [-0.05, 0) is 36.2 Å². The van der Waals surface area contributed by atoms with Crippen LogP contribution < -0.4 is 5.32 Å². The Balaban J connectivity index is 1.94. The maximum Gasteiger partial charge on any atom is 0.228 e. The van der Waals surface area contributed by atoms with Crippen LogP contribution in [0.3, 0.4) is 0 Å². The number of halogens is 1. The molecule has 4 heteroatoms. The van der Waals surface area contributed by atoms with Crippen LogP contribution in [0.4, 0.5) is 5.69 Å². The number of hydrogen-bond acceptors (Lipinski definition) is 2. The van der Waals surface area contributed by atoms with Gasteiger partial charge in [0.2, 0.25) is 5.91 Å². The molecular formula is C14H12ClNO2. The SMILES string of the molecule is Cc1ccc(C(Cl)c2ccc3c(c2)CC(=O)N3)o1. The van der Waals surface area contributed by atoms with Crippen LogP contribution in [0.25, 0.3) is 0 Å². The van der Waals surface area contributed by atoms with Gasteiger partial charge >= 0.3 is 0 Å². The number of anilines is 1. The summed E-state index contributed by atoms with van der Waals surface area (Å²) in [4.78, 5) is 11.3. The summed E-state index contributed by atoms with van der Waals surface area (Å²) >= 11 is 6.38. The maximum absolute atomic E-state index is 11.3. The highest BCUT2D eigenvalue weighted by Gasteiger charge is 2.21. The predicted molar refractivity (Wildman–Crippen MR) is 69.9 cm³/mol. The van der Waals surface area contributed by atoms with Crippen molar-refractivity contribution in [3.8, 4) is 0 Å². The molecule has 1 aromatic heterocycles. The third-order valence-electron chi connectivity index (χ3n) is 3.06. The molecule has 0 bridgehead atoms. The third kappa shape index (κ3) is 1.91. The van der Waals surface area contributed by atoms with Gasteiger partial charge in [0.05, 0.1) is 6.42 Å². The minimum atomic E-state index is -0.320. The fraction of sp³-hybridized carbons (Fsp3) is 0.214. The van der Waals surface area contributed by atoms with Gasteiger partial charge < -0.3 is 9.73 Å². The lowest BCUT2D eigenvalue weighted by molar-refractivity contribution is -0.115. The van der Waals surface area contributed by atoms with Crippen LogP contribution in [-0.4, -0.2) is 5.91 Å². The molecule has 2 aromatic rings. The number of carbonyl (C=O) groups is 1. The summed E-state index contributed by atoms with van der Waals surface area (Å²) in [5.74, 6) is 1.60. The maximum atomic E-state index is 11.3. The van der Waals surface area contributed by atoms with Crippen LogP contribution in [0.2, 0.25) is 0 Å². The molecule has 0 radical (unpaired) electrons. The molecule has 0 saturated carbocycles. The molecule has 1 aliphatic heterocycles. The number of aryl methyl sites for hydroxylation is 1. The van der Waals surface area contributed by atoms with Gasteiger partial charge in [0.1, 0.15) is 16.9 Å². The van der Waals surface area contributed by atoms with Crippen LogP contribution in [0.1, 0.15) is 28.0 Å². The second-order valence-corrected chi connectivity index (χ2v) is 4.89. The van der Waals surface area contributed by atoms with E-state index in [4.69, 9.17) is 16.0 Å². The highest BCUT2D eigenvalue weighted by molar-refractivity contribution is 6.22. The molecule has 0 saturated heterocycles. The Labute approximate surface area is 110 Å². The molecule has 3 rings (SSSR count). The van der Waals surface area contributed by atoms with Crippen LogP contribution in [0.15, 0.2) is 34.7 Å². The van der Waals surface area contributed by atoms with Crippen molar-refractivity contribution in [2.45, 2.75) is 18.7 Å². The Morgan fingerprint density at radius 1 is 1.33 bits per heavy atom. The summed E-state index contributed by atoms with van der Waals surface area (Å²) in [6.45, 7) is 1.89. The van der Waals surface area contributed by atoms with Gasteiger partial charge in [-0.15, -0.1) is 11.6 Å². The third-order valence-corrected chi connectivity index (χ3v) is 3.53. The molecule has 1 unspecified atom stereocenters. The molecule has 0 fully saturated rings. The number of hydrogen-bond donors (Lipinski definition) is 1. The molecule has 1 aromatic carbocycles. The number of carbonyl (C=O) groups excluding carboxylic acids is 1.